The number of rotatable bonds is 8. The molecule has 1 aliphatic heterocycles. The molecule has 1 heterocycles. The maximum absolute atomic E-state index is 12.5. The van der Waals surface area contributed by atoms with E-state index in [-0.39, 0.29) is 30.1 Å². The highest BCUT2D eigenvalue weighted by Crippen LogP contribution is 2.13. The summed E-state index contributed by atoms with van der Waals surface area (Å²) in [7, 11) is 0. The van der Waals surface area contributed by atoms with Crippen molar-refractivity contribution in [2.45, 2.75) is 45.6 Å². The van der Waals surface area contributed by atoms with Crippen LogP contribution in [0.5, 0.6) is 0 Å². The maximum Gasteiger partial charge on any atom is 0.242 e. The third-order valence-corrected chi connectivity index (χ3v) is 4.72. The molecule has 146 valence electrons. The van der Waals surface area contributed by atoms with Crippen LogP contribution in [-0.4, -0.2) is 37.5 Å². The summed E-state index contributed by atoms with van der Waals surface area (Å²) in [6.45, 7) is 6.72. The summed E-state index contributed by atoms with van der Waals surface area (Å²) in [5.41, 5.74) is 0.952. The Hall–Kier alpha value is -1.59. The minimum atomic E-state index is -0.485. The van der Waals surface area contributed by atoms with Crippen molar-refractivity contribution in [1.82, 2.24) is 16.0 Å². The Balaban J connectivity index is 0.00000338. The highest BCUT2D eigenvalue weighted by Gasteiger charge is 2.24. The molecule has 1 aromatic rings. The van der Waals surface area contributed by atoms with Crippen molar-refractivity contribution in [3.63, 3.8) is 0 Å². The van der Waals surface area contributed by atoms with Crippen molar-refractivity contribution in [3.05, 3.63) is 35.9 Å². The van der Waals surface area contributed by atoms with Crippen LogP contribution in [0.15, 0.2) is 30.3 Å². The first-order valence-electron chi connectivity index (χ1n) is 9.38. The fraction of sp³-hybridized carbons (Fsp3) is 0.600. The number of halogens is 1. The van der Waals surface area contributed by atoms with Gasteiger partial charge in [-0.3, -0.25) is 9.59 Å². The number of hydrogen-bond donors (Lipinski definition) is 3. The van der Waals surface area contributed by atoms with Crippen LogP contribution in [-0.2, 0) is 16.0 Å². The van der Waals surface area contributed by atoms with Crippen LogP contribution in [0.1, 0.15) is 38.7 Å². The van der Waals surface area contributed by atoms with Gasteiger partial charge in [-0.15, -0.1) is 12.4 Å². The van der Waals surface area contributed by atoms with E-state index in [1.165, 1.54) is 12.8 Å². The number of carbonyl (C=O) groups excluding carboxylic acids is 2. The first-order valence-corrected chi connectivity index (χ1v) is 9.38. The van der Waals surface area contributed by atoms with Crippen molar-refractivity contribution in [3.8, 4) is 0 Å². The molecule has 0 aromatic heterocycles. The molecular formula is C20H32ClN3O2. The Kier molecular flexibility index (Phi) is 10.3. The molecule has 2 unspecified atom stereocenters. The Morgan fingerprint density at radius 3 is 2.58 bits per heavy atom. The third-order valence-electron chi connectivity index (χ3n) is 4.72. The van der Waals surface area contributed by atoms with Gasteiger partial charge in [0.15, 0.2) is 0 Å². The molecule has 6 heteroatoms. The highest BCUT2D eigenvalue weighted by atomic mass is 35.5. The number of carbonyl (C=O) groups is 2. The summed E-state index contributed by atoms with van der Waals surface area (Å²) in [6.07, 6.45) is 3.72. The van der Waals surface area contributed by atoms with E-state index in [9.17, 15) is 9.59 Å². The molecule has 5 nitrogen and oxygen atoms in total. The lowest BCUT2D eigenvalue weighted by atomic mass is 9.96. The smallest absolute Gasteiger partial charge is 0.242 e. The lowest BCUT2D eigenvalue weighted by molar-refractivity contribution is -0.129. The monoisotopic (exact) mass is 381 g/mol. The van der Waals surface area contributed by atoms with Gasteiger partial charge in [0, 0.05) is 6.54 Å². The molecule has 1 aromatic carbocycles. The second-order valence-corrected chi connectivity index (χ2v) is 7.24. The standard InChI is InChI=1S/C20H31N3O2.ClH/c1-15(2)19(23-18(24)13-16-7-4-3-5-8-16)20(25)22-12-10-17-9-6-11-21-14-17;/h3-5,7-8,15,17,19,21H,6,9-14H2,1-2H3,(H,22,25)(H,23,24);1H. The van der Waals surface area contributed by atoms with Gasteiger partial charge in [0.25, 0.3) is 0 Å². The zero-order valence-corrected chi connectivity index (χ0v) is 16.6. The van der Waals surface area contributed by atoms with E-state index in [0.717, 1.165) is 25.1 Å². The molecule has 1 fully saturated rings. The number of amides is 2. The summed E-state index contributed by atoms with van der Waals surface area (Å²) in [6, 6.07) is 9.10. The first kappa shape index (κ1) is 22.5. The minimum Gasteiger partial charge on any atom is -0.354 e. The van der Waals surface area contributed by atoms with Gasteiger partial charge >= 0.3 is 0 Å². The third kappa shape index (κ3) is 7.75. The molecule has 1 aliphatic rings. The lowest BCUT2D eigenvalue weighted by Gasteiger charge is -2.24. The van der Waals surface area contributed by atoms with E-state index in [1.54, 1.807) is 0 Å². The molecule has 26 heavy (non-hydrogen) atoms. The van der Waals surface area contributed by atoms with Gasteiger partial charge in [-0.2, -0.15) is 0 Å². The predicted octanol–water partition coefficient (Wildman–Crippen LogP) is 2.30. The normalized spacial score (nSPS) is 17.9. The van der Waals surface area contributed by atoms with Crippen molar-refractivity contribution < 1.29 is 9.59 Å². The van der Waals surface area contributed by atoms with Gasteiger partial charge in [0.1, 0.15) is 6.04 Å². The minimum absolute atomic E-state index is 0. The van der Waals surface area contributed by atoms with Crippen molar-refractivity contribution in [2.75, 3.05) is 19.6 Å². The fourth-order valence-corrected chi connectivity index (χ4v) is 3.22. The van der Waals surface area contributed by atoms with Crippen molar-refractivity contribution in [1.29, 1.82) is 0 Å². The van der Waals surface area contributed by atoms with Crippen LogP contribution in [0.4, 0.5) is 0 Å². The van der Waals surface area contributed by atoms with Crippen LogP contribution >= 0.6 is 12.4 Å². The maximum atomic E-state index is 12.5. The Morgan fingerprint density at radius 2 is 1.96 bits per heavy atom. The molecule has 0 aliphatic carbocycles. The zero-order chi connectivity index (χ0) is 18.1. The van der Waals surface area contributed by atoms with E-state index in [1.807, 2.05) is 44.2 Å². The molecule has 2 atom stereocenters. The number of nitrogens with one attached hydrogen (secondary N) is 3. The van der Waals surface area contributed by atoms with E-state index in [2.05, 4.69) is 16.0 Å². The summed E-state index contributed by atoms with van der Waals surface area (Å²) < 4.78 is 0. The lowest BCUT2D eigenvalue weighted by Crippen LogP contribution is -2.50. The van der Waals surface area contributed by atoms with Gasteiger partial charge < -0.3 is 16.0 Å². The summed E-state index contributed by atoms with van der Waals surface area (Å²) in [5.74, 6) is 0.493. The molecule has 0 spiro atoms. The van der Waals surface area contributed by atoms with E-state index < -0.39 is 6.04 Å². The fourth-order valence-electron chi connectivity index (χ4n) is 3.22. The summed E-state index contributed by atoms with van der Waals surface area (Å²) in [5, 5.41) is 9.28. The van der Waals surface area contributed by atoms with Gasteiger partial charge in [-0.1, -0.05) is 44.2 Å². The van der Waals surface area contributed by atoms with Crippen molar-refractivity contribution in [2.24, 2.45) is 11.8 Å². The number of hydrogen-bond acceptors (Lipinski definition) is 3. The molecule has 3 N–H and O–H groups in total. The SMILES string of the molecule is CC(C)C(NC(=O)Cc1ccccc1)C(=O)NCCC1CCCNC1.Cl. The van der Waals surface area contributed by atoms with Gasteiger partial charge in [-0.25, -0.2) is 0 Å². The van der Waals surface area contributed by atoms with Gasteiger partial charge in [-0.05, 0) is 49.8 Å². The van der Waals surface area contributed by atoms with Crippen LogP contribution < -0.4 is 16.0 Å². The topological polar surface area (TPSA) is 70.2 Å². The summed E-state index contributed by atoms with van der Waals surface area (Å²) >= 11 is 0. The highest BCUT2D eigenvalue weighted by molar-refractivity contribution is 5.88. The van der Waals surface area contributed by atoms with Crippen LogP contribution in [0, 0.1) is 11.8 Å². The Bertz CT molecular complexity index is 545. The second-order valence-electron chi connectivity index (χ2n) is 7.24. The van der Waals surface area contributed by atoms with Crippen LogP contribution in [0.25, 0.3) is 0 Å². The Labute approximate surface area is 163 Å². The molecule has 2 rings (SSSR count). The molecule has 2 amide bonds. The van der Waals surface area contributed by atoms with Gasteiger partial charge in [0.05, 0.1) is 6.42 Å². The summed E-state index contributed by atoms with van der Waals surface area (Å²) in [4.78, 5) is 24.7. The molecule has 1 saturated heterocycles. The Morgan fingerprint density at radius 1 is 1.23 bits per heavy atom. The molecule has 0 bridgehead atoms. The van der Waals surface area contributed by atoms with Crippen molar-refractivity contribution >= 4 is 24.2 Å². The van der Waals surface area contributed by atoms with E-state index >= 15 is 0 Å². The number of benzene rings is 1. The average molecular weight is 382 g/mol. The van der Waals surface area contributed by atoms with E-state index in [0.29, 0.717) is 18.9 Å². The predicted molar refractivity (Wildman–Crippen MR) is 107 cm³/mol. The molecule has 0 radical (unpaired) electrons. The molecular weight excluding hydrogens is 350 g/mol. The second kappa shape index (κ2) is 11.9. The molecule has 0 saturated carbocycles. The largest absolute Gasteiger partial charge is 0.354 e. The first-order chi connectivity index (χ1) is 12.1. The van der Waals surface area contributed by atoms with E-state index in [4.69, 9.17) is 0 Å². The average Bonchev–Trinajstić information content (AvgIpc) is 2.61. The zero-order valence-electron chi connectivity index (χ0n) is 15.8. The van der Waals surface area contributed by atoms with Gasteiger partial charge in [0.2, 0.25) is 11.8 Å². The van der Waals surface area contributed by atoms with Crippen LogP contribution in [0.3, 0.4) is 0 Å². The number of piperidine rings is 1. The van der Waals surface area contributed by atoms with Crippen LogP contribution in [0.2, 0.25) is 0 Å². The quantitative estimate of drug-likeness (QED) is 0.647.